The summed E-state index contributed by atoms with van der Waals surface area (Å²) in [5, 5.41) is 6.46. The van der Waals surface area contributed by atoms with Gasteiger partial charge in [0, 0.05) is 38.1 Å². The van der Waals surface area contributed by atoms with Crippen molar-refractivity contribution in [3.63, 3.8) is 0 Å². The topological polar surface area (TPSA) is 80.2 Å². The summed E-state index contributed by atoms with van der Waals surface area (Å²) >= 11 is 0. The monoisotopic (exact) mass is 354 g/mol. The van der Waals surface area contributed by atoms with Crippen LogP contribution in [0.5, 0.6) is 5.75 Å². The second-order valence-electron chi connectivity index (χ2n) is 6.70. The molecular weight excluding hydrogens is 326 g/mol. The van der Waals surface area contributed by atoms with Gasteiger partial charge in [-0.15, -0.1) is 0 Å². The molecule has 26 heavy (non-hydrogen) atoms. The lowest BCUT2D eigenvalue weighted by molar-refractivity contribution is -0.111. The highest BCUT2D eigenvalue weighted by Gasteiger charge is 2.19. The van der Waals surface area contributed by atoms with Gasteiger partial charge < -0.3 is 20.3 Å². The van der Waals surface area contributed by atoms with E-state index in [9.17, 15) is 0 Å². The molecule has 6 nitrogen and oxygen atoms in total. The summed E-state index contributed by atoms with van der Waals surface area (Å²) in [5.41, 5.74) is 9.17. The molecule has 138 valence electrons. The van der Waals surface area contributed by atoms with Crippen molar-refractivity contribution in [1.82, 2.24) is 9.88 Å². The van der Waals surface area contributed by atoms with Gasteiger partial charge in [0.25, 0.3) is 0 Å². The SMILES string of the molecule is CCCOc1ccc(N)c(C(=[NH2+])c2ccnc(N3CCN(C)CC3)c2)c1. The summed E-state index contributed by atoms with van der Waals surface area (Å²) in [6.45, 7) is 6.76. The number of hydrogen-bond donors (Lipinski definition) is 2. The molecule has 0 radical (unpaired) electrons. The van der Waals surface area contributed by atoms with Crippen LogP contribution < -0.4 is 20.8 Å². The molecule has 0 atom stereocenters. The predicted octanol–water partition coefficient (Wildman–Crippen LogP) is 0.801. The minimum atomic E-state index is 0.641. The average Bonchev–Trinajstić information content (AvgIpc) is 2.67. The van der Waals surface area contributed by atoms with E-state index in [2.05, 4.69) is 28.8 Å². The van der Waals surface area contributed by atoms with E-state index in [0.717, 1.165) is 55.3 Å². The third kappa shape index (κ3) is 4.14. The number of piperazine rings is 1. The van der Waals surface area contributed by atoms with Gasteiger partial charge in [-0.25, -0.2) is 4.98 Å². The zero-order valence-corrected chi connectivity index (χ0v) is 15.6. The minimum Gasteiger partial charge on any atom is -0.494 e. The number of ether oxygens (including phenoxy) is 1. The first-order chi connectivity index (χ1) is 12.6. The zero-order chi connectivity index (χ0) is 18.5. The average molecular weight is 354 g/mol. The van der Waals surface area contributed by atoms with Gasteiger partial charge in [-0.2, -0.15) is 0 Å². The first-order valence-corrected chi connectivity index (χ1v) is 9.13. The number of pyridine rings is 1. The number of rotatable bonds is 6. The Kier molecular flexibility index (Phi) is 5.73. The first-order valence-electron chi connectivity index (χ1n) is 9.13. The van der Waals surface area contributed by atoms with Gasteiger partial charge in [0.15, 0.2) is 0 Å². The molecule has 0 amide bonds. The maximum atomic E-state index is 6.46. The molecule has 2 heterocycles. The molecule has 1 aliphatic rings. The zero-order valence-electron chi connectivity index (χ0n) is 15.6. The molecule has 0 spiro atoms. The summed E-state index contributed by atoms with van der Waals surface area (Å²) in [7, 11) is 2.14. The van der Waals surface area contributed by atoms with Crippen LogP contribution in [-0.4, -0.2) is 55.4 Å². The third-order valence-electron chi connectivity index (χ3n) is 4.67. The fraction of sp³-hybridized carbons (Fsp3) is 0.400. The van der Waals surface area contributed by atoms with Crippen LogP contribution in [0, 0.1) is 0 Å². The molecule has 1 aromatic carbocycles. The van der Waals surface area contributed by atoms with E-state index >= 15 is 0 Å². The molecule has 1 fully saturated rings. The number of nitrogen functional groups attached to an aromatic ring is 1. The molecule has 0 unspecified atom stereocenters. The summed E-state index contributed by atoms with van der Waals surface area (Å²) < 4.78 is 5.72. The molecule has 1 aromatic heterocycles. The van der Waals surface area contributed by atoms with Gasteiger partial charge >= 0.3 is 0 Å². The van der Waals surface area contributed by atoms with Crippen LogP contribution in [0.1, 0.15) is 24.5 Å². The molecule has 0 bridgehead atoms. The predicted molar refractivity (Wildman–Crippen MR) is 106 cm³/mol. The van der Waals surface area contributed by atoms with Crippen LogP contribution in [-0.2, 0) is 0 Å². The highest BCUT2D eigenvalue weighted by molar-refractivity contribution is 6.12. The Bertz CT molecular complexity index is 769. The Hall–Kier alpha value is -2.60. The lowest BCUT2D eigenvalue weighted by atomic mass is 10.0. The molecule has 1 saturated heterocycles. The Morgan fingerprint density at radius 2 is 1.96 bits per heavy atom. The van der Waals surface area contributed by atoms with E-state index in [1.165, 1.54) is 0 Å². The highest BCUT2D eigenvalue weighted by Crippen LogP contribution is 2.23. The maximum Gasteiger partial charge on any atom is 0.213 e. The Balaban J connectivity index is 1.83. The van der Waals surface area contributed by atoms with Crippen LogP contribution in [0.2, 0.25) is 0 Å². The van der Waals surface area contributed by atoms with E-state index in [1.54, 1.807) is 0 Å². The van der Waals surface area contributed by atoms with Crippen molar-refractivity contribution in [3.05, 3.63) is 47.7 Å². The molecule has 0 aliphatic carbocycles. The van der Waals surface area contributed by atoms with Crippen LogP contribution in [0.25, 0.3) is 0 Å². The van der Waals surface area contributed by atoms with Gasteiger partial charge in [0.2, 0.25) is 5.71 Å². The standard InChI is InChI=1S/C20H27N5O/c1-3-12-26-16-4-5-18(21)17(14-16)20(22)15-6-7-23-19(13-15)25-10-8-24(2)9-11-25/h4-7,13-14,22H,3,8-12,21H2,1-2H3/p+1. The molecule has 4 N–H and O–H groups in total. The second kappa shape index (κ2) is 8.19. The van der Waals surface area contributed by atoms with E-state index in [4.69, 9.17) is 15.9 Å². The fourth-order valence-electron chi connectivity index (χ4n) is 3.03. The number of benzene rings is 1. The molecule has 0 saturated carbocycles. The van der Waals surface area contributed by atoms with Crippen LogP contribution in [0.15, 0.2) is 36.5 Å². The Morgan fingerprint density at radius 1 is 1.19 bits per heavy atom. The Labute approximate surface area is 155 Å². The third-order valence-corrected chi connectivity index (χ3v) is 4.67. The maximum absolute atomic E-state index is 6.46. The van der Waals surface area contributed by atoms with Gasteiger partial charge in [0.05, 0.1) is 17.7 Å². The number of anilines is 2. The number of aromatic nitrogens is 1. The van der Waals surface area contributed by atoms with Gasteiger partial charge in [-0.05, 0) is 43.8 Å². The smallest absolute Gasteiger partial charge is 0.213 e. The minimum absolute atomic E-state index is 0.641. The summed E-state index contributed by atoms with van der Waals surface area (Å²) in [4.78, 5) is 9.14. The van der Waals surface area contributed by atoms with Crippen molar-refractivity contribution >= 4 is 17.2 Å². The lowest BCUT2D eigenvalue weighted by Crippen LogP contribution is -2.45. The van der Waals surface area contributed by atoms with Crippen LogP contribution in [0.3, 0.4) is 0 Å². The van der Waals surface area contributed by atoms with Crippen LogP contribution >= 0.6 is 0 Å². The van der Waals surface area contributed by atoms with Crippen LogP contribution in [0.4, 0.5) is 11.5 Å². The fourth-order valence-corrected chi connectivity index (χ4v) is 3.03. The second-order valence-corrected chi connectivity index (χ2v) is 6.70. The number of nitrogens with zero attached hydrogens (tertiary/aromatic N) is 3. The number of nitrogens with two attached hydrogens (primary N) is 2. The lowest BCUT2D eigenvalue weighted by Gasteiger charge is -2.33. The van der Waals surface area contributed by atoms with E-state index in [-0.39, 0.29) is 0 Å². The quantitative estimate of drug-likeness (QED) is 0.592. The van der Waals surface area contributed by atoms with Crippen molar-refractivity contribution in [3.8, 4) is 5.75 Å². The van der Waals surface area contributed by atoms with Crippen molar-refractivity contribution in [2.45, 2.75) is 13.3 Å². The van der Waals surface area contributed by atoms with E-state index in [0.29, 0.717) is 18.0 Å². The first kappa shape index (κ1) is 18.2. The van der Waals surface area contributed by atoms with E-state index in [1.807, 2.05) is 36.5 Å². The largest absolute Gasteiger partial charge is 0.494 e. The molecule has 1 aliphatic heterocycles. The van der Waals surface area contributed by atoms with E-state index < -0.39 is 0 Å². The Morgan fingerprint density at radius 3 is 2.69 bits per heavy atom. The van der Waals surface area contributed by atoms with Crippen molar-refractivity contribution in [1.29, 1.82) is 0 Å². The summed E-state index contributed by atoms with van der Waals surface area (Å²) in [6.07, 6.45) is 2.76. The van der Waals surface area contributed by atoms with Gasteiger partial charge in [0.1, 0.15) is 11.6 Å². The number of hydrogen-bond acceptors (Lipinski definition) is 5. The molecule has 6 heteroatoms. The molecular formula is C20H28N5O+. The number of likely N-dealkylation sites (N-methyl/N-ethyl adjacent to an activating group) is 1. The summed E-state index contributed by atoms with van der Waals surface area (Å²) in [5.74, 6) is 1.74. The molecule has 3 rings (SSSR count). The van der Waals surface area contributed by atoms with Crippen molar-refractivity contribution in [2.75, 3.05) is 50.5 Å². The van der Waals surface area contributed by atoms with Crippen molar-refractivity contribution < 1.29 is 10.1 Å². The van der Waals surface area contributed by atoms with Gasteiger partial charge in [-0.1, -0.05) is 6.92 Å². The normalized spacial score (nSPS) is 15.1. The summed E-state index contributed by atoms with van der Waals surface area (Å²) in [6, 6.07) is 9.60. The van der Waals surface area contributed by atoms with Crippen molar-refractivity contribution in [2.24, 2.45) is 0 Å². The highest BCUT2D eigenvalue weighted by atomic mass is 16.5. The van der Waals surface area contributed by atoms with Gasteiger partial charge in [-0.3, -0.25) is 5.41 Å². The molecule has 2 aromatic rings.